The Hall–Kier alpha value is -0.680. The fourth-order valence-corrected chi connectivity index (χ4v) is 2.71. The standard InChI is InChI=1S/C12H19N3S2/c1-4-9-17-15(13-2)12(16-3)14-10-11-7-5-6-8-11/h5-7H,2,4,8-10H2,1,3H3. The monoisotopic (exact) mass is 269 g/mol. The van der Waals surface area contributed by atoms with Gasteiger partial charge in [-0.3, -0.25) is 4.99 Å². The van der Waals surface area contributed by atoms with E-state index in [4.69, 9.17) is 0 Å². The van der Waals surface area contributed by atoms with Crippen molar-refractivity contribution in [2.75, 3.05) is 18.6 Å². The first-order valence-electron chi connectivity index (χ1n) is 5.64. The lowest BCUT2D eigenvalue weighted by Crippen LogP contribution is -2.16. The number of thioether (sulfide) groups is 1. The van der Waals surface area contributed by atoms with E-state index in [1.165, 1.54) is 5.57 Å². The van der Waals surface area contributed by atoms with E-state index in [-0.39, 0.29) is 0 Å². The van der Waals surface area contributed by atoms with Crippen LogP contribution in [0.3, 0.4) is 0 Å². The van der Waals surface area contributed by atoms with Crippen molar-refractivity contribution < 1.29 is 0 Å². The molecule has 0 N–H and O–H groups in total. The predicted octanol–water partition coefficient (Wildman–Crippen LogP) is 3.57. The minimum atomic E-state index is 0.752. The number of rotatable bonds is 6. The molecule has 0 radical (unpaired) electrons. The number of hydrogen-bond donors (Lipinski definition) is 0. The molecule has 0 aromatic carbocycles. The lowest BCUT2D eigenvalue weighted by Gasteiger charge is -2.17. The number of aliphatic imine (C=N–C) groups is 1. The summed E-state index contributed by atoms with van der Waals surface area (Å²) in [5.74, 6) is 1.03. The van der Waals surface area contributed by atoms with Crippen LogP contribution in [-0.2, 0) is 0 Å². The molecule has 17 heavy (non-hydrogen) atoms. The van der Waals surface area contributed by atoms with Crippen molar-refractivity contribution in [1.29, 1.82) is 0 Å². The molecule has 0 unspecified atom stereocenters. The van der Waals surface area contributed by atoms with E-state index in [9.17, 15) is 0 Å². The van der Waals surface area contributed by atoms with Crippen molar-refractivity contribution in [3.05, 3.63) is 23.8 Å². The second-order valence-electron chi connectivity index (χ2n) is 3.51. The Kier molecular flexibility index (Phi) is 7.12. The van der Waals surface area contributed by atoms with E-state index in [2.05, 4.69) is 42.0 Å². The highest BCUT2D eigenvalue weighted by molar-refractivity contribution is 8.14. The van der Waals surface area contributed by atoms with E-state index in [0.717, 1.165) is 30.3 Å². The highest BCUT2D eigenvalue weighted by Gasteiger charge is 2.09. The van der Waals surface area contributed by atoms with Gasteiger partial charge in [-0.15, -0.1) is 0 Å². The quantitative estimate of drug-likeness (QED) is 0.319. The van der Waals surface area contributed by atoms with Crippen LogP contribution in [-0.4, -0.2) is 34.9 Å². The Morgan fingerprint density at radius 2 is 2.41 bits per heavy atom. The Balaban J connectivity index is 2.54. The molecule has 0 saturated heterocycles. The average Bonchev–Trinajstić information content (AvgIpc) is 2.86. The van der Waals surface area contributed by atoms with Crippen LogP contribution in [0.2, 0.25) is 0 Å². The Morgan fingerprint density at radius 3 is 2.94 bits per heavy atom. The summed E-state index contributed by atoms with van der Waals surface area (Å²) < 4.78 is 1.82. The highest BCUT2D eigenvalue weighted by atomic mass is 32.2. The van der Waals surface area contributed by atoms with Gasteiger partial charge in [-0.05, 0) is 36.6 Å². The van der Waals surface area contributed by atoms with Crippen molar-refractivity contribution in [3.8, 4) is 0 Å². The smallest absolute Gasteiger partial charge is 0.191 e. The summed E-state index contributed by atoms with van der Waals surface area (Å²) in [6, 6.07) is 0. The fraction of sp³-hybridized carbons (Fsp3) is 0.500. The zero-order chi connectivity index (χ0) is 12.5. The zero-order valence-electron chi connectivity index (χ0n) is 10.4. The minimum Gasteiger partial charge on any atom is -0.256 e. The summed E-state index contributed by atoms with van der Waals surface area (Å²) >= 11 is 3.26. The average molecular weight is 269 g/mol. The molecule has 0 aromatic rings. The van der Waals surface area contributed by atoms with E-state index in [1.54, 1.807) is 23.7 Å². The van der Waals surface area contributed by atoms with Crippen molar-refractivity contribution in [2.45, 2.75) is 19.8 Å². The largest absolute Gasteiger partial charge is 0.256 e. The Morgan fingerprint density at radius 1 is 1.59 bits per heavy atom. The van der Waals surface area contributed by atoms with Crippen LogP contribution >= 0.6 is 23.7 Å². The maximum atomic E-state index is 4.59. The van der Waals surface area contributed by atoms with Gasteiger partial charge in [-0.2, -0.15) is 9.52 Å². The minimum absolute atomic E-state index is 0.752. The second kappa shape index (κ2) is 8.42. The van der Waals surface area contributed by atoms with Crippen LogP contribution < -0.4 is 0 Å². The van der Waals surface area contributed by atoms with Crippen LogP contribution in [0.5, 0.6) is 0 Å². The molecule has 1 aliphatic rings. The lowest BCUT2D eigenvalue weighted by molar-refractivity contribution is 0.752. The summed E-state index contributed by atoms with van der Waals surface area (Å²) in [6.07, 6.45) is 10.5. The van der Waals surface area contributed by atoms with Crippen LogP contribution in [0.4, 0.5) is 0 Å². The molecule has 3 nitrogen and oxygen atoms in total. The van der Waals surface area contributed by atoms with Crippen LogP contribution in [0.15, 0.2) is 33.9 Å². The number of amidine groups is 1. The van der Waals surface area contributed by atoms with E-state index >= 15 is 0 Å². The predicted molar refractivity (Wildman–Crippen MR) is 81.8 cm³/mol. The van der Waals surface area contributed by atoms with Gasteiger partial charge in [0.05, 0.1) is 6.54 Å². The normalized spacial score (nSPS) is 14.9. The molecule has 0 atom stereocenters. The van der Waals surface area contributed by atoms with Crippen molar-refractivity contribution in [1.82, 2.24) is 4.41 Å². The molecule has 5 heteroatoms. The summed E-state index contributed by atoms with van der Waals surface area (Å²) in [6.45, 7) is 6.50. The molecule has 0 heterocycles. The molecule has 0 saturated carbocycles. The fourth-order valence-electron chi connectivity index (χ4n) is 1.32. The highest BCUT2D eigenvalue weighted by Crippen LogP contribution is 2.19. The number of allylic oxidation sites excluding steroid dienone is 3. The van der Waals surface area contributed by atoms with Crippen molar-refractivity contribution in [2.24, 2.45) is 10.1 Å². The molecule has 0 fully saturated rings. The van der Waals surface area contributed by atoms with Gasteiger partial charge < -0.3 is 0 Å². The Labute approximate surface area is 112 Å². The molecule has 1 aliphatic carbocycles. The SMILES string of the molecule is C=NN(SCCC)C(=NCC1=CC=CC1)SC. The van der Waals surface area contributed by atoms with Gasteiger partial charge in [-0.25, -0.2) is 0 Å². The molecule has 0 bridgehead atoms. The molecular weight excluding hydrogens is 250 g/mol. The van der Waals surface area contributed by atoms with Gasteiger partial charge in [0, 0.05) is 12.5 Å². The molecule has 0 spiro atoms. The van der Waals surface area contributed by atoms with Gasteiger partial charge in [0.2, 0.25) is 0 Å². The molecule has 0 amide bonds. The molecule has 94 valence electrons. The third-order valence-corrected chi connectivity index (χ3v) is 4.06. The van der Waals surface area contributed by atoms with Gasteiger partial charge in [0.15, 0.2) is 5.17 Å². The summed E-state index contributed by atoms with van der Waals surface area (Å²) in [7, 11) is 0. The Bertz CT molecular complexity index is 335. The van der Waals surface area contributed by atoms with E-state index < -0.39 is 0 Å². The third-order valence-electron chi connectivity index (χ3n) is 2.16. The van der Waals surface area contributed by atoms with Gasteiger partial charge in [0.25, 0.3) is 0 Å². The maximum absolute atomic E-state index is 4.59. The third kappa shape index (κ3) is 5.00. The number of nitrogens with zero attached hydrogens (tertiary/aromatic N) is 3. The van der Waals surface area contributed by atoms with Crippen molar-refractivity contribution >= 4 is 35.6 Å². The van der Waals surface area contributed by atoms with Crippen molar-refractivity contribution in [3.63, 3.8) is 0 Å². The number of hydrogen-bond acceptors (Lipinski definition) is 4. The second-order valence-corrected chi connectivity index (χ2v) is 5.29. The first-order valence-corrected chi connectivity index (χ1v) is 7.81. The van der Waals surface area contributed by atoms with E-state index in [1.807, 2.05) is 10.7 Å². The first kappa shape index (κ1) is 14.4. The summed E-state index contributed by atoms with van der Waals surface area (Å²) in [5, 5.41) is 4.92. The van der Waals surface area contributed by atoms with Crippen LogP contribution in [0.1, 0.15) is 19.8 Å². The summed E-state index contributed by atoms with van der Waals surface area (Å²) in [5.41, 5.74) is 1.35. The molecule has 0 aliphatic heterocycles. The van der Waals surface area contributed by atoms with E-state index in [0.29, 0.717) is 0 Å². The lowest BCUT2D eigenvalue weighted by atomic mass is 10.2. The number of hydrazone groups is 1. The maximum Gasteiger partial charge on any atom is 0.191 e. The topological polar surface area (TPSA) is 28.0 Å². The van der Waals surface area contributed by atoms with Crippen LogP contribution in [0.25, 0.3) is 0 Å². The van der Waals surface area contributed by atoms with Crippen LogP contribution in [0, 0.1) is 0 Å². The molecule has 1 rings (SSSR count). The first-order chi connectivity index (χ1) is 8.31. The van der Waals surface area contributed by atoms with Gasteiger partial charge in [-0.1, -0.05) is 36.9 Å². The molecule has 0 aromatic heterocycles. The zero-order valence-corrected chi connectivity index (χ0v) is 12.1. The molecular formula is C12H19N3S2. The van der Waals surface area contributed by atoms with Gasteiger partial charge >= 0.3 is 0 Å². The van der Waals surface area contributed by atoms with Gasteiger partial charge in [0.1, 0.15) is 0 Å². The summed E-state index contributed by atoms with van der Waals surface area (Å²) in [4.78, 5) is 4.59.